The van der Waals surface area contributed by atoms with Crippen molar-refractivity contribution in [1.82, 2.24) is 20.4 Å². The molecule has 5 rings (SSSR count). The zero-order chi connectivity index (χ0) is 24.8. The van der Waals surface area contributed by atoms with E-state index in [0.717, 1.165) is 46.9 Å². The number of ether oxygens (including phenoxy) is 2. The van der Waals surface area contributed by atoms with Crippen molar-refractivity contribution in [2.24, 2.45) is 0 Å². The lowest BCUT2D eigenvalue weighted by atomic mass is 9.77. The predicted molar refractivity (Wildman–Crippen MR) is 137 cm³/mol. The lowest BCUT2D eigenvalue weighted by molar-refractivity contribution is -0.0169. The second-order valence-electron chi connectivity index (χ2n) is 10.8. The summed E-state index contributed by atoms with van der Waals surface area (Å²) in [4.78, 5) is 15.4. The van der Waals surface area contributed by atoms with Gasteiger partial charge in [0.25, 0.3) is 5.91 Å². The predicted octanol–water partition coefficient (Wildman–Crippen LogP) is 4.90. The van der Waals surface area contributed by atoms with Gasteiger partial charge in [0, 0.05) is 33.8 Å². The number of hydrogen-bond acceptors (Lipinski definition) is 5. The van der Waals surface area contributed by atoms with Crippen molar-refractivity contribution >= 4 is 5.91 Å². The number of aromatic amines is 1. The topological polar surface area (TPSA) is 79.5 Å². The average Bonchev–Trinajstić information content (AvgIpc) is 3.32. The molecule has 1 aromatic heterocycles. The van der Waals surface area contributed by atoms with Crippen molar-refractivity contribution < 1.29 is 14.3 Å². The monoisotopic (exact) mass is 474 g/mol. The Morgan fingerprint density at radius 1 is 1.03 bits per heavy atom. The number of para-hydroxylation sites is 1. The quantitative estimate of drug-likeness (QED) is 0.563. The summed E-state index contributed by atoms with van der Waals surface area (Å²) >= 11 is 0. The van der Waals surface area contributed by atoms with Crippen molar-refractivity contribution in [2.75, 3.05) is 20.3 Å². The highest BCUT2D eigenvalue weighted by atomic mass is 16.6. The molecule has 0 radical (unpaired) electrons. The molecule has 3 heterocycles. The molecule has 0 atom stereocenters. The Morgan fingerprint density at radius 3 is 2.43 bits per heavy atom. The molecule has 7 heteroatoms. The number of nitrogens with zero attached hydrogens (tertiary/aromatic N) is 2. The fourth-order valence-corrected chi connectivity index (χ4v) is 5.43. The smallest absolute Gasteiger partial charge is 0.251 e. The molecule has 2 N–H and O–H groups in total. The van der Waals surface area contributed by atoms with E-state index >= 15 is 0 Å². The van der Waals surface area contributed by atoms with Crippen LogP contribution in [0.15, 0.2) is 48.5 Å². The lowest BCUT2D eigenvalue weighted by Crippen LogP contribution is -2.62. The van der Waals surface area contributed by atoms with Gasteiger partial charge >= 0.3 is 0 Å². The number of rotatable bonds is 4. The van der Waals surface area contributed by atoms with Crippen molar-refractivity contribution in [3.05, 3.63) is 54.1 Å². The van der Waals surface area contributed by atoms with Gasteiger partial charge in [0.05, 0.1) is 11.4 Å². The molecule has 3 aromatic rings. The van der Waals surface area contributed by atoms with Crippen LogP contribution in [0.2, 0.25) is 0 Å². The second-order valence-corrected chi connectivity index (χ2v) is 10.8. The van der Waals surface area contributed by atoms with E-state index in [-0.39, 0.29) is 23.0 Å². The summed E-state index contributed by atoms with van der Waals surface area (Å²) in [5.74, 6) is 1.45. The minimum Gasteiger partial charge on any atom is -0.486 e. The number of H-pyrrole nitrogens is 1. The molecule has 2 aliphatic heterocycles. The van der Waals surface area contributed by atoms with Crippen LogP contribution in [-0.4, -0.2) is 58.4 Å². The van der Waals surface area contributed by atoms with Gasteiger partial charge in [0.15, 0.2) is 11.5 Å². The van der Waals surface area contributed by atoms with Gasteiger partial charge in [-0.2, -0.15) is 5.10 Å². The zero-order valence-electron chi connectivity index (χ0n) is 21.1. The zero-order valence-corrected chi connectivity index (χ0v) is 21.1. The van der Waals surface area contributed by atoms with Crippen LogP contribution < -0.4 is 14.8 Å². The SMILES string of the molecule is CN1C(C)(C)CC(NC(=O)c2ccc(-c3cc(-c4cccc5c4OCCO5)[nH]n3)cc2)CC1(C)C. The summed E-state index contributed by atoms with van der Waals surface area (Å²) in [5.41, 5.74) is 4.22. The number of carbonyl (C=O) groups excluding carboxylic acids is 1. The largest absolute Gasteiger partial charge is 0.486 e. The second kappa shape index (κ2) is 8.72. The average molecular weight is 475 g/mol. The minimum atomic E-state index is -0.0338. The van der Waals surface area contributed by atoms with E-state index in [1.807, 2.05) is 48.5 Å². The molecule has 1 saturated heterocycles. The molecule has 0 spiro atoms. The first-order chi connectivity index (χ1) is 16.6. The van der Waals surface area contributed by atoms with E-state index in [1.165, 1.54) is 0 Å². The molecule has 2 aliphatic rings. The molecule has 0 unspecified atom stereocenters. The first-order valence-electron chi connectivity index (χ1n) is 12.2. The van der Waals surface area contributed by atoms with E-state index < -0.39 is 0 Å². The number of piperidine rings is 1. The Hall–Kier alpha value is -3.32. The van der Waals surface area contributed by atoms with Crippen molar-refractivity contribution in [1.29, 1.82) is 0 Å². The highest BCUT2D eigenvalue weighted by Gasteiger charge is 2.43. The maximum absolute atomic E-state index is 13.0. The molecule has 0 bridgehead atoms. The number of hydrogen-bond donors (Lipinski definition) is 2. The molecule has 35 heavy (non-hydrogen) atoms. The lowest BCUT2D eigenvalue weighted by Gasteiger charge is -2.53. The van der Waals surface area contributed by atoms with E-state index in [4.69, 9.17) is 9.47 Å². The summed E-state index contributed by atoms with van der Waals surface area (Å²) in [6.45, 7) is 10.0. The molecule has 7 nitrogen and oxygen atoms in total. The third-order valence-corrected chi connectivity index (χ3v) is 7.52. The van der Waals surface area contributed by atoms with Crippen LogP contribution in [0.25, 0.3) is 22.5 Å². The maximum Gasteiger partial charge on any atom is 0.251 e. The van der Waals surface area contributed by atoms with E-state index in [0.29, 0.717) is 18.8 Å². The summed E-state index contributed by atoms with van der Waals surface area (Å²) < 4.78 is 11.5. The van der Waals surface area contributed by atoms with Gasteiger partial charge in [-0.25, -0.2) is 0 Å². The van der Waals surface area contributed by atoms with E-state index in [9.17, 15) is 4.79 Å². The van der Waals surface area contributed by atoms with Crippen molar-refractivity contribution in [3.63, 3.8) is 0 Å². The maximum atomic E-state index is 13.0. The highest BCUT2D eigenvalue weighted by Crippen LogP contribution is 2.40. The van der Waals surface area contributed by atoms with Gasteiger partial charge in [0.1, 0.15) is 13.2 Å². The van der Waals surface area contributed by atoms with Crippen LogP contribution in [0.5, 0.6) is 11.5 Å². The van der Waals surface area contributed by atoms with Gasteiger partial charge in [-0.3, -0.25) is 14.8 Å². The molecule has 184 valence electrons. The van der Waals surface area contributed by atoms with E-state index in [2.05, 4.69) is 55.2 Å². The Balaban J connectivity index is 1.30. The van der Waals surface area contributed by atoms with E-state index in [1.54, 1.807) is 0 Å². The third kappa shape index (κ3) is 4.52. The highest BCUT2D eigenvalue weighted by molar-refractivity contribution is 5.95. The number of fused-ring (bicyclic) bond motifs is 1. The normalized spacial score (nSPS) is 19.3. The van der Waals surface area contributed by atoms with Crippen LogP contribution in [0.1, 0.15) is 50.9 Å². The van der Waals surface area contributed by atoms with Crippen LogP contribution in [0.4, 0.5) is 0 Å². The number of likely N-dealkylation sites (tertiary alicyclic amines) is 1. The number of carbonyl (C=O) groups is 1. The summed E-state index contributed by atoms with van der Waals surface area (Å²) in [6, 6.07) is 15.6. The Labute approximate surface area is 206 Å². The molecule has 1 fully saturated rings. The van der Waals surface area contributed by atoms with Crippen molar-refractivity contribution in [2.45, 2.75) is 57.7 Å². The number of amides is 1. The first-order valence-corrected chi connectivity index (χ1v) is 12.2. The van der Waals surface area contributed by atoms with Crippen LogP contribution in [0, 0.1) is 0 Å². The number of aromatic nitrogens is 2. The third-order valence-electron chi connectivity index (χ3n) is 7.52. The van der Waals surface area contributed by atoms with Gasteiger partial charge in [-0.05, 0) is 77.9 Å². The molecular formula is C28H34N4O3. The van der Waals surface area contributed by atoms with Crippen LogP contribution >= 0.6 is 0 Å². The fourth-order valence-electron chi connectivity index (χ4n) is 5.43. The molecular weight excluding hydrogens is 440 g/mol. The van der Waals surface area contributed by atoms with Gasteiger partial charge in [-0.15, -0.1) is 0 Å². The van der Waals surface area contributed by atoms with Crippen LogP contribution in [-0.2, 0) is 0 Å². The van der Waals surface area contributed by atoms with Gasteiger partial charge in [-0.1, -0.05) is 18.2 Å². The molecule has 2 aromatic carbocycles. The van der Waals surface area contributed by atoms with Gasteiger partial charge in [0.2, 0.25) is 0 Å². The van der Waals surface area contributed by atoms with Gasteiger partial charge < -0.3 is 14.8 Å². The Kier molecular flexibility index (Phi) is 5.83. The first kappa shape index (κ1) is 23.4. The standard InChI is InChI=1S/C28H34N4O3/c1-27(2)16-20(17-28(3,4)32(27)5)29-26(33)19-11-9-18(10-12-19)22-15-23(31-30-22)21-7-6-8-24-25(21)35-14-13-34-24/h6-12,15,20H,13-14,16-17H2,1-5H3,(H,29,33)(H,30,31). The summed E-state index contributed by atoms with van der Waals surface area (Å²) in [6.07, 6.45) is 1.84. The Morgan fingerprint density at radius 2 is 1.71 bits per heavy atom. The molecule has 0 aliphatic carbocycles. The summed E-state index contributed by atoms with van der Waals surface area (Å²) in [5, 5.41) is 10.9. The van der Waals surface area contributed by atoms with Crippen LogP contribution in [0.3, 0.4) is 0 Å². The Bertz CT molecular complexity index is 1210. The molecule has 1 amide bonds. The summed E-state index contributed by atoms with van der Waals surface area (Å²) in [7, 11) is 2.17. The minimum absolute atomic E-state index is 0.0242. The van der Waals surface area contributed by atoms with Crippen molar-refractivity contribution in [3.8, 4) is 34.0 Å². The number of benzene rings is 2. The number of nitrogens with one attached hydrogen (secondary N) is 2. The molecule has 0 saturated carbocycles. The fraction of sp³-hybridized carbons (Fsp3) is 0.429.